The number of fused-ring (bicyclic) bond motifs is 1. The molecule has 1 aliphatic rings. The van der Waals surface area contributed by atoms with Crippen molar-refractivity contribution >= 4 is 58.1 Å². The second-order valence-corrected chi connectivity index (χ2v) is 9.98. The number of likely N-dealkylation sites (N-methyl/N-ethyl adjacent to an activating group) is 1. The molecule has 0 radical (unpaired) electrons. The van der Waals surface area contributed by atoms with Gasteiger partial charge in [0, 0.05) is 18.1 Å². The lowest BCUT2D eigenvalue weighted by molar-refractivity contribution is -0.127. The van der Waals surface area contributed by atoms with Gasteiger partial charge in [-0.2, -0.15) is 0 Å². The van der Waals surface area contributed by atoms with Gasteiger partial charge in [-0.25, -0.2) is 4.99 Å². The molecule has 1 aliphatic heterocycles. The van der Waals surface area contributed by atoms with Crippen LogP contribution in [0.5, 0.6) is 0 Å². The van der Waals surface area contributed by atoms with Crippen LogP contribution in [0.4, 0.5) is 0 Å². The number of hydrogen-bond acceptors (Lipinski definition) is 4. The highest BCUT2D eigenvalue weighted by atomic mass is 35.5. The van der Waals surface area contributed by atoms with E-state index in [9.17, 15) is 9.59 Å². The molecule has 1 amide bonds. The van der Waals surface area contributed by atoms with Gasteiger partial charge < -0.3 is 4.90 Å². The first-order valence-electron chi connectivity index (χ1n) is 10.8. The Morgan fingerprint density at radius 3 is 2.44 bits per heavy atom. The number of halogens is 3. The number of allylic oxidation sites excluding steroid dienone is 1. The predicted octanol–water partition coefficient (Wildman–Crippen LogP) is 5.06. The Balaban J connectivity index is 1.98. The van der Waals surface area contributed by atoms with E-state index in [0.717, 1.165) is 5.56 Å². The summed E-state index contributed by atoms with van der Waals surface area (Å²) in [6.07, 6.45) is 1.71. The number of amides is 1. The minimum Gasteiger partial charge on any atom is -0.339 e. The molecule has 176 valence electrons. The highest BCUT2D eigenvalue weighted by Crippen LogP contribution is 2.32. The SMILES string of the molecule is CCN(CC)C(=O)C1=C(C)N=c2s/c(=C/c3cccc(Cl)c3Cl)c(=O)n2[C@@H]1c1ccc(Cl)cc1. The van der Waals surface area contributed by atoms with Crippen molar-refractivity contribution in [3.05, 3.63) is 99.6 Å². The fourth-order valence-electron chi connectivity index (χ4n) is 4.01. The van der Waals surface area contributed by atoms with Crippen LogP contribution in [0.2, 0.25) is 15.1 Å². The zero-order valence-corrected chi connectivity index (χ0v) is 21.9. The Morgan fingerprint density at radius 2 is 1.79 bits per heavy atom. The second kappa shape index (κ2) is 10.1. The first kappa shape index (κ1) is 24.7. The summed E-state index contributed by atoms with van der Waals surface area (Å²) in [6.45, 7) is 6.77. The number of benzene rings is 2. The van der Waals surface area contributed by atoms with E-state index in [1.807, 2.05) is 32.9 Å². The van der Waals surface area contributed by atoms with Gasteiger partial charge in [-0.05, 0) is 56.2 Å². The minimum atomic E-state index is -0.626. The molecule has 9 heteroatoms. The molecule has 0 unspecified atom stereocenters. The van der Waals surface area contributed by atoms with E-state index in [-0.39, 0.29) is 11.5 Å². The molecule has 1 atom stereocenters. The monoisotopic (exact) mass is 533 g/mol. The van der Waals surface area contributed by atoms with Crippen LogP contribution in [-0.4, -0.2) is 28.5 Å². The summed E-state index contributed by atoms with van der Waals surface area (Å²) in [7, 11) is 0. The van der Waals surface area contributed by atoms with Gasteiger partial charge >= 0.3 is 0 Å². The third kappa shape index (κ3) is 4.48. The molecular weight excluding hydrogens is 513 g/mol. The summed E-state index contributed by atoms with van der Waals surface area (Å²) in [4.78, 5) is 34.1. The maximum absolute atomic E-state index is 13.7. The van der Waals surface area contributed by atoms with Gasteiger partial charge in [0.1, 0.15) is 0 Å². The maximum atomic E-state index is 13.7. The molecule has 2 aromatic carbocycles. The fourth-order valence-corrected chi connectivity index (χ4v) is 5.54. The van der Waals surface area contributed by atoms with Crippen molar-refractivity contribution in [3.8, 4) is 0 Å². The number of thiazole rings is 1. The number of hydrogen-bond donors (Lipinski definition) is 0. The molecule has 0 saturated heterocycles. The normalized spacial score (nSPS) is 15.8. The first-order valence-corrected chi connectivity index (χ1v) is 12.7. The smallest absolute Gasteiger partial charge is 0.271 e. The van der Waals surface area contributed by atoms with Gasteiger partial charge in [0.05, 0.1) is 31.9 Å². The van der Waals surface area contributed by atoms with Crippen molar-refractivity contribution in [3.63, 3.8) is 0 Å². The lowest BCUT2D eigenvalue weighted by atomic mass is 9.94. The molecular formula is C25H22Cl3N3O2S. The summed E-state index contributed by atoms with van der Waals surface area (Å²) in [5.74, 6) is -0.140. The first-order chi connectivity index (χ1) is 16.3. The Labute approximate surface area is 216 Å². The van der Waals surface area contributed by atoms with Gasteiger partial charge in [-0.15, -0.1) is 0 Å². The molecule has 3 aromatic rings. The zero-order chi connectivity index (χ0) is 24.6. The molecule has 5 nitrogen and oxygen atoms in total. The topological polar surface area (TPSA) is 54.7 Å². The van der Waals surface area contributed by atoms with Crippen molar-refractivity contribution < 1.29 is 4.79 Å². The summed E-state index contributed by atoms with van der Waals surface area (Å²) >= 11 is 19.9. The lowest BCUT2D eigenvalue weighted by Crippen LogP contribution is -2.43. The number of aromatic nitrogens is 1. The van der Waals surface area contributed by atoms with Crippen LogP contribution in [0.1, 0.15) is 37.9 Å². The van der Waals surface area contributed by atoms with Crippen LogP contribution in [0.25, 0.3) is 6.08 Å². The van der Waals surface area contributed by atoms with Gasteiger partial charge in [0.2, 0.25) is 0 Å². The Kier molecular flexibility index (Phi) is 7.33. The molecule has 0 saturated carbocycles. The summed E-state index contributed by atoms with van der Waals surface area (Å²) < 4.78 is 2.04. The van der Waals surface area contributed by atoms with Crippen molar-refractivity contribution in [2.45, 2.75) is 26.8 Å². The van der Waals surface area contributed by atoms with Gasteiger partial charge in [0.15, 0.2) is 4.80 Å². The molecule has 0 N–H and O–H groups in total. The number of rotatable bonds is 5. The third-order valence-corrected chi connectivity index (χ3v) is 7.82. The van der Waals surface area contributed by atoms with E-state index < -0.39 is 6.04 Å². The maximum Gasteiger partial charge on any atom is 0.271 e. The van der Waals surface area contributed by atoms with E-state index >= 15 is 0 Å². The molecule has 0 fully saturated rings. The molecule has 34 heavy (non-hydrogen) atoms. The summed E-state index contributed by atoms with van der Waals surface area (Å²) in [6, 6.07) is 11.8. The van der Waals surface area contributed by atoms with Crippen LogP contribution in [0.15, 0.2) is 63.5 Å². The number of carbonyl (C=O) groups excluding carboxylic acids is 1. The Bertz CT molecular complexity index is 1470. The molecule has 0 aliphatic carbocycles. The third-order valence-electron chi connectivity index (χ3n) is 5.76. The standard InChI is InChI=1S/C25H22Cl3N3O2S/c1-4-30(5-2)24(33)20-14(3)29-25-31(22(20)15-9-11-17(26)12-10-15)23(32)19(34-25)13-16-7-6-8-18(27)21(16)28/h6-13,22H,4-5H2,1-3H3/b19-13+/t22-/m1/s1. The van der Waals surface area contributed by atoms with Gasteiger partial charge in [0.25, 0.3) is 11.5 Å². The Morgan fingerprint density at radius 1 is 1.12 bits per heavy atom. The van der Waals surface area contributed by atoms with Crippen molar-refractivity contribution in [2.24, 2.45) is 4.99 Å². The molecule has 2 heterocycles. The molecule has 0 bridgehead atoms. The quantitative estimate of drug-likeness (QED) is 0.459. The lowest BCUT2D eigenvalue weighted by Gasteiger charge is -2.29. The highest BCUT2D eigenvalue weighted by Gasteiger charge is 2.34. The minimum absolute atomic E-state index is 0.140. The van der Waals surface area contributed by atoms with Crippen LogP contribution in [0.3, 0.4) is 0 Å². The summed E-state index contributed by atoms with van der Waals surface area (Å²) in [5, 5.41) is 1.35. The predicted molar refractivity (Wildman–Crippen MR) is 140 cm³/mol. The number of carbonyl (C=O) groups is 1. The molecule has 4 rings (SSSR count). The van der Waals surface area contributed by atoms with Gasteiger partial charge in [-0.3, -0.25) is 14.2 Å². The van der Waals surface area contributed by atoms with Crippen molar-refractivity contribution in [2.75, 3.05) is 13.1 Å². The van der Waals surface area contributed by atoms with Gasteiger partial charge in [-0.1, -0.05) is 70.4 Å². The Hall–Kier alpha value is -2.38. The fraction of sp³-hybridized carbons (Fsp3) is 0.240. The second-order valence-electron chi connectivity index (χ2n) is 7.75. The van der Waals surface area contributed by atoms with E-state index in [2.05, 4.69) is 4.99 Å². The number of nitrogens with zero attached hydrogens (tertiary/aromatic N) is 3. The van der Waals surface area contributed by atoms with E-state index in [0.29, 0.717) is 54.3 Å². The largest absolute Gasteiger partial charge is 0.339 e. The highest BCUT2D eigenvalue weighted by molar-refractivity contribution is 7.07. The van der Waals surface area contributed by atoms with Crippen LogP contribution >= 0.6 is 46.1 Å². The molecule has 0 spiro atoms. The summed E-state index contributed by atoms with van der Waals surface area (Å²) in [5.41, 5.74) is 2.23. The molecule has 1 aromatic heterocycles. The van der Waals surface area contributed by atoms with Crippen LogP contribution in [-0.2, 0) is 4.79 Å². The van der Waals surface area contributed by atoms with Crippen LogP contribution in [0, 0.1) is 0 Å². The van der Waals surface area contributed by atoms with Crippen molar-refractivity contribution in [1.29, 1.82) is 0 Å². The zero-order valence-electron chi connectivity index (χ0n) is 18.8. The van der Waals surface area contributed by atoms with E-state index in [1.165, 1.54) is 11.3 Å². The van der Waals surface area contributed by atoms with Crippen LogP contribution < -0.4 is 14.9 Å². The average molecular weight is 535 g/mol. The van der Waals surface area contributed by atoms with Crippen molar-refractivity contribution in [1.82, 2.24) is 9.47 Å². The van der Waals surface area contributed by atoms with E-state index in [4.69, 9.17) is 34.8 Å². The average Bonchev–Trinajstić information content (AvgIpc) is 3.11. The van der Waals surface area contributed by atoms with E-state index in [1.54, 1.807) is 45.9 Å².